The molecule has 0 saturated heterocycles. The van der Waals surface area contributed by atoms with Crippen LogP contribution in [0.2, 0.25) is 0 Å². The number of benzene rings is 1. The molecule has 0 aliphatic carbocycles. The highest BCUT2D eigenvalue weighted by Crippen LogP contribution is 2.06. The first-order chi connectivity index (χ1) is 12.3. The van der Waals surface area contributed by atoms with Crippen LogP contribution in [0.4, 0.5) is 4.79 Å². The van der Waals surface area contributed by atoms with E-state index >= 15 is 0 Å². The van der Waals surface area contributed by atoms with Gasteiger partial charge in [-0.3, -0.25) is 4.79 Å². The van der Waals surface area contributed by atoms with Crippen molar-refractivity contribution in [1.29, 1.82) is 0 Å². The zero-order chi connectivity index (χ0) is 19.7. The Kier molecular flexibility index (Phi) is 8.57. The minimum atomic E-state index is -1.23. The molecule has 0 aromatic heterocycles. The Labute approximate surface area is 152 Å². The van der Waals surface area contributed by atoms with Gasteiger partial charge in [-0.1, -0.05) is 44.2 Å². The molecule has 8 nitrogen and oxygen atoms in total. The predicted octanol–water partition coefficient (Wildman–Crippen LogP) is 0.976. The summed E-state index contributed by atoms with van der Waals surface area (Å²) in [5.74, 6) is -1.66. The van der Waals surface area contributed by atoms with Crippen molar-refractivity contribution in [2.75, 3.05) is 7.11 Å². The van der Waals surface area contributed by atoms with Crippen LogP contribution in [0.5, 0.6) is 0 Å². The van der Waals surface area contributed by atoms with Crippen molar-refractivity contribution in [2.45, 2.75) is 45.6 Å². The Hall–Kier alpha value is -2.61. The zero-order valence-corrected chi connectivity index (χ0v) is 15.4. The van der Waals surface area contributed by atoms with Crippen LogP contribution in [0.1, 0.15) is 26.3 Å². The van der Waals surface area contributed by atoms with Crippen LogP contribution in [-0.2, 0) is 25.7 Å². The average molecular weight is 366 g/mol. The Morgan fingerprint density at radius 3 is 2.15 bits per heavy atom. The van der Waals surface area contributed by atoms with Crippen LogP contribution < -0.4 is 10.6 Å². The van der Waals surface area contributed by atoms with Gasteiger partial charge < -0.3 is 25.2 Å². The summed E-state index contributed by atoms with van der Waals surface area (Å²) in [6, 6.07) is 6.95. The van der Waals surface area contributed by atoms with Crippen LogP contribution >= 0.6 is 0 Å². The lowest BCUT2D eigenvalue weighted by atomic mass is 10.0. The molecular formula is C18H26N2O6. The van der Waals surface area contributed by atoms with Gasteiger partial charge in [0.1, 0.15) is 12.6 Å². The molecular weight excluding hydrogens is 340 g/mol. The summed E-state index contributed by atoms with van der Waals surface area (Å²) >= 11 is 0. The molecule has 144 valence electrons. The topological polar surface area (TPSA) is 114 Å². The smallest absolute Gasteiger partial charge is 0.408 e. The van der Waals surface area contributed by atoms with Crippen molar-refractivity contribution in [3.63, 3.8) is 0 Å². The first-order valence-electron chi connectivity index (χ1n) is 8.29. The highest BCUT2D eigenvalue weighted by atomic mass is 16.5. The lowest BCUT2D eigenvalue weighted by molar-refractivity contribution is -0.148. The molecule has 3 atom stereocenters. The first kappa shape index (κ1) is 21.4. The van der Waals surface area contributed by atoms with Gasteiger partial charge in [-0.25, -0.2) is 9.59 Å². The molecule has 1 aromatic rings. The van der Waals surface area contributed by atoms with Crippen molar-refractivity contribution in [3.8, 4) is 0 Å². The normalized spacial score (nSPS) is 14.1. The van der Waals surface area contributed by atoms with Gasteiger partial charge in [0, 0.05) is 0 Å². The second kappa shape index (κ2) is 10.4. The molecule has 3 N–H and O–H groups in total. The summed E-state index contributed by atoms with van der Waals surface area (Å²) in [5.41, 5.74) is 0.813. The Morgan fingerprint density at radius 1 is 1.04 bits per heavy atom. The van der Waals surface area contributed by atoms with Gasteiger partial charge in [-0.2, -0.15) is 0 Å². The van der Waals surface area contributed by atoms with Crippen molar-refractivity contribution in [1.82, 2.24) is 10.6 Å². The number of nitrogens with one attached hydrogen (secondary N) is 2. The monoisotopic (exact) mass is 366 g/mol. The number of hydrogen-bond donors (Lipinski definition) is 3. The minimum Gasteiger partial charge on any atom is -0.467 e. The third-order valence-electron chi connectivity index (χ3n) is 3.67. The molecule has 0 aliphatic heterocycles. The van der Waals surface area contributed by atoms with Crippen molar-refractivity contribution in [3.05, 3.63) is 35.9 Å². The maximum Gasteiger partial charge on any atom is 0.408 e. The second-order valence-electron chi connectivity index (χ2n) is 6.18. The van der Waals surface area contributed by atoms with Gasteiger partial charge in [0.05, 0.1) is 13.2 Å². The summed E-state index contributed by atoms with van der Waals surface area (Å²) in [4.78, 5) is 36.1. The first-order valence-corrected chi connectivity index (χ1v) is 8.29. The number of carbonyl (C=O) groups excluding carboxylic acids is 3. The van der Waals surface area contributed by atoms with Crippen LogP contribution in [0.15, 0.2) is 30.3 Å². The van der Waals surface area contributed by atoms with Gasteiger partial charge in [0.2, 0.25) is 5.91 Å². The molecule has 0 radical (unpaired) electrons. The molecule has 1 aromatic carbocycles. The van der Waals surface area contributed by atoms with Crippen molar-refractivity contribution in [2.24, 2.45) is 5.92 Å². The fraction of sp³-hybridized carbons (Fsp3) is 0.500. The number of ether oxygens (including phenoxy) is 2. The van der Waals surface area contributed by atoms with Crippen LogP contribution in [0.25, 0.3) is 0 Å². The summed E-state index contributed by atoms with van der Waals surface area (Å²) in [7, 11) is 1.16. The van der Waals surface area contributed by atoms with Gasteiger partial charge in [-0.05, 0) is 18.4 Å². The van der Waals surface area contributed by atoms with E-state index in [1.807, 2.05) is 30.3 Å². The summed E-state index contributed by atoms with van der Waals surface area (Å²) in [5, 5.41) is 14.5. The van der Waals surface area contributed by atoms with Crippen LogP contribution in [0, 0.1) is 5.92 Å². The molecule has 0 aliphatic rings. The maximum absolute atomic E-state index is 12.4. The molecule has 0 fully saturated rings. The SMILES string of the molecule is COC(=O)[C@H](NC(=O)[C@H](NC(=O)OCc1ccccc1)C(C)C)[C@H](C)O. The Bertz CT molecular complexity index is 603. The van der Waals surface area contributed by atoms with Gasteiger partial charge in [0.25, 0.3) is 0 Å². The number of alkyl carbamates (subject to hydrolysis) is 1. The highest BCUT2D eigenvalue weighted by Gasteiger charge is 2.31. The Morgan fingerprint density at radius 2 is 1.65 bits per heavy atom. The number of esters is 1. The maximum atomic E-state index is 12.4. The molecule has 0 heterocycles. The second-order valence-corrected chi connectivity index (χ2v) is 6.18. The third-order valence-corrected chi connectivity index (χ3v) is 3.67. The van der Waals surface area contributed by atoms with Crippen molar-refractivity contribution >= 4 is 18.0 Å². The number of hydrogen-bond acceptors (Lipinski definition) is 6. The molecule has 8 heteroatoms. The van der Waals surface area contributed by atoms with E-state index in [0.29, 0.717) is 0 Å². The third kappa shape index (κ3) is 6.72. The predicted molar refractivity (Wildman–Crippen MR) is 94.0 cm³/mol. The average Bonchev–Trinajstić information content (AvgIpc) is 2.61. The van der Waals surface area contributed by atoms with E-state index in [9.17, 15) is 19.5 Å². The van der Waals surface area contributed by atoms with Gasteiger partial charge in [-0.15, -0.1) is 0 Å². The van der Waals surface area contributed by atoms with E-state index in [0.717, 1.165) is 12.7 Å². The fourth-order valence-corrected chi connectivity index (χ4v) is 2.17. The van der Waals surface area contributed by atoms with E-state index in [1.54, 1.807) is 13.8 Å². The molecule has 0 unspecified atom stereocenters. The number of rotatable bonds is 8. The number of carbonyl (C=O) groups is 3. The van der Waals surface area contributed by atoms with Crippen molar-refractivity contribution < 1.29 is 29.0 Å². The van der Waals surface area contributed by atoms with Gasteiger partial charge in [0.15, 0.2) is 6.04 Å². The number of aliphatic hydroxyl groups is 1. The lowest BCUT2D eigenvalue weighted by Gasteiger charge is -2.25. The highest BCUT2D eigenvalue weighted by molar-refractivity contribution is 5.90. The number of methoxy groups -OCH3 is 1. The van der Waals surface area contributed by atoms with Crippen LogP contribution in [-0.4, -0.2) is 48.4 Å². The van der Waals surface area contributed by atoms with E-state index in [4.69, 9.17) is 4.74 Å². The molecule has 0 bridgehead atoms. The summed E-state index contributed by atoms with van der Waals surface area (Å²) < 4.78 is 9.67. The minimum absolute atomic E-state index is 0.0670. The summed E-state index contributed by atoms with van der Waals surface area (Å²) in [6.45, 7) is 4.89. The molecule has 2 amide bonds. The zero-order valence-electron chi connectivity index (χ0n) is 15.4. The van der Waals surface area contributed by atoms with Crippen LogP contribution in [0.3, 0.4) is 0 Å². The number of aliphatic hydroxyl groups excluding tert-OH is 1. The fourth-order valence-electron chi connectivity index (χ4n) is 2.17. The molecule has 1 rings (SSSR count). The van der Waals surface area contributed by atoms with E-state index in [1.165, 1.54) is 6.92 Å². The largest absolute Gasteiger partial charge is 0.467 e. The molecule has 26 heavy (non-hydrogen) atoms. The van der Waals surface area contributed by atoms with Gasteiger partial charge >= 0.3 is 12.1 Å². The van der Waals surface area contributed by atoms with E-state index in [-0.39, 0.29) is 12.5 Å². The molecule has 0 saturated carbocycles. The Balaban J connectivity index is 2.67. The quantitative estimate of drug-likeness (QED) is 0.591. The summed E-state index contributed by atoms with van der Waals surface area (Å²) in [6.07, 6.45) is -1.90. The molecule has 0 spiro atoms. The lowest BCUT2D eigenvalue weighted by Crippen LogP contribution is -2.56. The number of amides is 2. The van der Waals surface area contributed by atoms with E-state index < -0.39 is 36.2 Å². The van der Waals surface area contributed by atoms with E-state index in [2.05, 4.69) is 15.4 Å². The standard InChI is InChI=1S/C18H26N2O6/c1-11(2)14(16(22)19-15(12(3)21)17(23)25-4)20-18(24)26-10-13-8-6-5-7-9-13/h5-9,11-12,14-15,21H,10H2,1-4H3,(H,19,22)(H,20,24)/t12-,14+,15+/m0/s1.